The zero-order valence-electron chi connectivity index (χ0n) is 15.9. The Morgan fingerprint density at radius 2 is 2.11 bits per heavy atom. The number of nitrogen functional groups attached to an aromatic ring is 1. The Kier molecular flexibility index (Phi) is 5.40. The highest BCUT2D eigenvalue weighted by Gasteiger charge is 2.26. The first kappa shape index (κ1) is 18.6. The molecule has 3 aromatic rings. The molecule has 0 saturated carbocycles. The standard InChI is InChI=1S/C20H24N4O4/c1-26-10-5-9-24-18(21)16(20(25)28-12-13-6-4-11-27-13)17-19(24)23-15-8-3-2-7-14(15)22-17/h2-3,7-8,13H,4-6,9-12,21H2,1H3. The SMILES string of the molecule is COCCCn1c(N)c(C(=O)OCC2CCCO2)c2nc3ccccc3nc21. The van der Waals surface area contributed by atoms with E-state index in [1.54, 1.807) is 7.11 Å². The minimum atomic E-state index is -0.493. The van der Waals surface area contributed by atoms with Gasteiger partial charge in [-0.15, -0.1) is 0 Å². The average molecular weight is 384 g/mol. The second kappa shape index (κ2) is 8.12. The van der Waals surface area contributed by atoms with Crippen LogP contribution in [0.15, 0.2) is 24.3 Å². The molecule has 0 radical (unpaired) electrons. The minimum Gasteiger partial charge on any atom is -0.459 e. The van der Waals surface area contributed by atoms with E-state index in [0.717, 1.165) is 24.8 Å². The summed E-state index contributed by atoms with van der Waals surface area (Å²) in [4.78, 5) is 22.2. The average Bonchev–Trinajstić information content (AvgIpc) is 3.31. The number of methoxy groups -OCH3 is 1. The monoisotopic (exact) mass is 384 g/mol. The number of anilines is 1. The first-order valence-electron chi connectivity index (χ1n) is 9.51. The van der Waals surface area contributed by atoms with E-state index in [2.05, 4.69) is 4.98 Å². The fourth-order valence-corrected chi connectivity index (χ4v) is 3.53. The van der Waals surface area contributed by atoms with Crippen molar-refractivity contribution < 1.29 is 19.0 Å². The third-order valence-corrected chi connectivity index (χ3v) is 4.95. The fraction of sp³-hybridized carbons (Fsp3) is 0.450. The lowest BCUT2D eigenvalue weighted by molar-refractivity contribution is 0.0163. The number of hydrogen-bond acceptors (Lipinski definition) is 7. The molecule has 1 unspecified atom stereocenters. The molecule has 1 fully saturated rings. The Labute approximate surface area is 162 Å². The maximum absolute atomic E-state index is 12.9. The molecule has 3 heterocycles. The van der Waals surface area contributed by atoms with Crippen LogP contribution in [0.1, 0.15) is 29.6 Å². The van der Waals surface area contributed by atoms with Gasteiger partial charge in [-0.2, -0.15) is 0 Å². The number of fused-ring (bicyclic) bond motifs is 2. The molecule has 2 N–H and O–H groups in total. The van der Waals surface area contributed by atoms with Crippen molar-refractivity contribution >= 4 is 34.0 Å². The number of aromatic nitrogens is 3. The maximum atomic E-state index is 12.9. The van der Waals surface area contributed by atoms with E-state index in [9.17, 15) is 4.79 Å². The van der Waals surface area contributed by atoms with Gasteiger partial charge in [0.1, 0.15) is 23.5 Å². The smallest absolute Gasteiger partial charge is 0.344 e. The van der Waals surface area contributed by atoms with Crippen molar-refractivity contribution in [2.24, 2.45) is 0 Å². The van der Waals surface area contributed by atoms with E-state index >= 15 is 0 Å². The zero-order chi connectivity index (χ0) is 19.5. The molecule has 0 spiro atoms. The van der Waals surface area contributed by atoms with E-state index in [4.69, 9.17) is 24.9 Å². The van der Waals surface area contributed by atoms with E-state index < -0.39 is 5.97 Å². The highest BCUT2D eigenvalue weighted by Crippen LogP contribution is 2.29. The first-order chi connectivity index (χ1) is 13.7. The van der Waals surface area contributed by atoms with Gasteiger partial charge in [-0.25, -0.2) is 14.8 Å². The summed E-state index contributed by atoms with van der Waals surface area (Å²) in [7, 11) is 1.65. The van der Waals surface area contributed by atoms with Crippen molar-refractivity contribution in [3.63, 3.8) is 0 Å². The van der Waals surface area contributed by atoms with Crippen LogP contribution < -0.4 is 5.73 Å². The molecule has 1 saturated heterocycles. The number of rotatable bonds is 7. The molecule has 148 valence electrons. The highest BCUT2D eigenvalue weighted by atomic mass is 16.6. The van der Waals surface area contributed by atoms with Gasteiger partial charge in [-0.1, -0.05) is 12.1 Å². The van der Waals surface area contributed by atoms with Gasteiger partial charge < -0.3 is 24.5 Å². The lowest BCUT2D eigenvalue weighted by atomic mass is 10.2. The van der Waals surface area contributed by atoms with Crippen molar-refractivity contribution in [1.29, 1.82) is 0 Å². The number of hydrogen-bond donors (Lipinski definition) is 1. The number of ether oxygens (including phenoxy) is 3. The Bertz CT molecular complexity index is 995. The number of para-hydroxylation sites is 2. The Hall–Kier alpha value is -2.71. The van der Waals surface area contributed by atoms with Crippen molar-refractivity contribution in [1.82, 2.24) is 14.5 Å². The zero-order valence-corrected chi connectivity index (χ0v) is 15.9. The fourth-order valence-electron chi connectivity index (χ4n) is 3.53. The van der Waals surface area contributed by atoms with Gasteiger partial charge in [-0.3, -0.25) is 0 Å². The van der Waals surface area contributed by atoms with Gasteiger partial charge in [0.15, 0.2) is 5.65 Å². The van der Waals surface area contributed by atoms with Gasteiger partial charge in [-0.05, 0) is 31.4 Å². The molecule has 0 aliphatic carbocycles. The largest absolute Gasteiger partial charge is 0.459 e. The van der Waals surface area contributed by atoms with Crippen LogP contribution in [0.2, 0.25) is 0 Å². The molecule has 0 bridgehead atoms. The highest BCUT2D eigenvalue weighted by molar-refractivity contribution is 6.08. The number of aryl methyl sites for hydroxylation is 1. The first-order valence-corrected chi connectivity index (χ1v) is 9.51. The summed E-state index contributed by atoms with van der Waals surface area (Å²) in [5.74, 6) is -0.174. The van der Waals surface area contributed by atoms with Crippen molar-refractivity contribution in [2.45, 2.75) is 31.9 Å². The summed E-state index contributed by atoms with van der Waals surface area (Å²) in [6.45, 7) is 2.08. The molecule has 1 aliphatic heterocycles. The Balaban J connectivity index is 1.73. The molecule has 4 rings (SSSR count). The molecule has 28 heavy (non-hydrogen) atoms. The third kappa shape index (κ3) is 3.53. The van der Waals surface area contributed by atoms with Crippen LogP contribution in [-0.2, 0) is 20.8 Å². The lowest BCUT2D eigenvalue weighted by Crippen LogP contribution is -2.18. The summed E-state index contributed by atoms with van der Waals surface area (Å²) < 4.78 is 18.0. The number of esters is 1. The number of carbonyl (C=O) groups excluding carboxylic acids is 1. The van der Waals surface area contributed by atoms with Gasteiger partial charge in [0, 0.05) is 26.9 Å². The maximum Gasteiger partial charge on any atom is 0.344 e. The molecular formula is C20H24N4O4. The third-order valence-electron chi connectivity index (χ3n) is 4.95. The summed E-state index contributed by atoms with van der Waals surface area (Å²) in [6, 6.07) is 7.54. The number of nitrogens with two attached hydrogens (primary N) is 1. The predicted molar refractivity (Wildman–Crippen MR) is 105 cm³/mol. The summed E-state index contributed by atoms with van der Waals surface area (Å²) in [5.41, 5.74) is 9.12. The van der Waals surface area contributed by atoms with Crippen LogP contribution in [0.4, 0.5) is 5.82 Å². The number of nitrogens with zero attached hydrogens (tertiary/aromatic N) is 3. The topological polar surface area (TPSA) is 101 Å². The predicted octanol–water partition coefficient (Wildman–Crippen LogP) is 2.54. The summed E-state index contributed by atoms with van der Waals surface area (Å²) in [5, 5.41) is 0. The molecule has 1 aromatic carbocycles. The van der Waals surface area contributed by atoms with Crippen LogP contribution in [0, 0.1) is 0 Å². The molecule has 1 atom stereocenters. The van der Waals surface area contributed by atoms with E-state index in [1.165, 1.54) is 0 Å². The van der Waals surface area contributed by atoms with Gasteiger partial charge in [0.2, 0.25) is 0 Å². The van der Waals surface area contributed by atoms with Crippen LogP contribution in [-0.4, -0.2) is 53.5 Å². The normalized spacial score (nSPS) is 16.8. The van der Waals surface area contributed by atoms with E-state index in [0.29, 0.717) is 42.3 Å². The van der Waals surface area contributed by atoms with Crippen molar-refractivity contribution in [3.8, 4) is 0 Å². The molecule has 1 aliphatic rings. The quantitative estimate of drug-likeness (QED) is 0.493. The molecular weight excluding hydrogens is 360 g/mol. The van der Waals surface area contributed by atoms with Crippen LogP contribution in [0.25, 0.3) is 22.2 Å². The molecule has 0 amide bonds. The Morgan fingerprint density at radius 1 is 1.32 bits per heavy atom. The van der Waals surface area contributed by atoms with Gasteiger partial charge in [0.25, 0.3) is 0 Å². The number of carbonyl (C=O) groups is 1. The summed E-state index contributed by atoms with van der Waals surface area (Å²) >= 11 is 0. The van der Waals surface area contributed by atoms with Gasteiger partial charge in [0.05, 0.1) is 17.1 Å². The molecule has 8 heteroatoms. The van der Waals surface area contributed by atoms with Crippen molar-refractivity contribution in [3.05, 3.63) is 29.8 Å². The van der Waals surface area contributed by atoms with Crippen molar-refractivity contribution in [2.75, 3.05) is 32.7 Å². The lowest BCUT2D eigenvalue weighted by Gasteiger charge is -2.10. The summed E-state index contributed by atoms with van der Waals surface area (Å²) in [6.07, 6.45) is 2.57. The number of benzene rings is 1. The van der Waals surface area contributed by atoms with Gasteiger partial charge >= 0.3 is 5.97 Å². The van der Waals surface area contributed by atoms with Crippen LogP contribution in [0.3, 0.4) is 0 Å². The Morgan fingerprint density at radius 3 is 2.82 bits per heavy atom. The second-order valence-electron chi connectivity index (χ2n) is 6.88. The second-order valence-corrected chi connectivity index (χ2v) is 6.88. The minimum absolute atomic E-state index is 0.0489. The van der Waals surface area contributed by atoms with Crippen LogP contribution in [0.5, 0.6) is 0 Å². The molecule has 2 aromatic heterocycles. The molecule has 8 nitrogen and oxygen atoms in total. The van der Waals surface area contributed by atoms with E-state index in [-0.39, 0.29) is 18.3 Å². The van der Waals surface area contributed by atoms with E-state index in [1.807, 2.05) is 28.8 Å². The van der Waals surface area contributed by atoms with Crippen LogP contribution >= 0.6 is 0 Å².